The molecule has 39 heavy (non-hydrogen) atoms. The van der Waals surface area contributed by atoms with Crippen LogP contribution in [0.25, 0.3) is 0 Å². The smallest absolute Gasteiger partial charge is 0.125 e. The fourth-order valence-corrected chi connectivity index (χ4v) is 3.89. The molecule has 1 unspecified atom stereocenters. The van der Waals surface area contributed by atoms with Gasteiger partial charge in [0, 0.05) is 15.1 Å². The van der Waals surface area contributed by atoms with Gasteiger partial charge in [0.1, 0.15) is 25.2 Å². The second-order valence-electron chi connectivity index (χ2n) is 9.67. The van der Waals surface area contributed by atoms with E-state index in [4.69, 9.17) is 19.4 Å². The predicted molar refractivity (Wildman–Crippen MR) is 148 cm³/mol. The quantitative estimate of drug-likeness (QED) is 0.0326. The summed E-state index contributed by atoms with van der Waals surface area (Å²) in [7, 11) is 0. The van der Waals surface area contributed by atoms with Gasteiger partial charge >= 0.3 is 0 Å². The van der Waals surface area contributed by atoms with Crippen molar-refractivity contribution in [3.63, 3.8) is 0 Å². The standard InChI is InChI=1S/C29H56O10/c1-4-6-7-8-9-10-11-12-13-14-15-16-17-18-19-20-21-22-23-24-25-32-33-27-26-30-28-29(3)34-36-38-39-37-35-31-5-2/h5,24-25,29H,2,4,6-23,26-28H2,1,3H3. The SMILES string of the molecule is C=COOOOOOOC(C)COCCOOC=CCCCCCCCCCCCCCCCCCCCC. The van der Waals surface area contributed by atoms with E-state index in [9.17, 15) is 0 Å². The van der Waals surface area contributed by atoms with E-state index >= 15 is 0 Å². The first-order chi connectivity index (χ1) is 19.3. The van der Waals surface area contributed by atoms with Gasteiger partial charge in [-0.3, -0.25) is 0 Å². The van der Waals surface area contributed by atoms with Crippen molar-refractivity contribution in [3.8, 4) is 0 Å². The fraction of sp³-hybridized carbons (Fsp3) is 0.862. The van der Waals surface area contributed by atoms with E-state index in [0.717, 1.165) is 12.7 Å². The van der Waals surface area contributed by atoms with E-state index in [1.54, 1.807) is 13.2 Å². The lowest BCUT2D eigenvalue weighted by Crippen LogP contribution is -2.18. The second kappa shape index (κ2) is 34.8. The highest BCUT2D eigenvalue weighted by atomic mass is 17.9. The van der Waals surface area contributed by atoms with E-state index in [2.05, 4.69) is 43.6 Å². The second-order valence-corrected chi connectivity index (χ2v) is 9.67. The molecule has 0 N–H and O–H groups in total. The Bertz CT molecular complexity index is 493. The van der Waals surface area contributed by atoms with Crippen molar-refractivity contribution in [2.24, 2.45) is 0 Å². The lowest BCUT2D eigenvalue weighted by atomic mass is 10.0. The summed E-state index contributed by atoms with van der Waals surface area (Å²) >= 11 is 0. The first kappa shape index (κ1) is 37.8. The largest absolute Gasteiger partial charge is 0.376 e. The number of unbranched alkanes of at least 4 members (excludes halogenated alkanes) is 18. The third kappa shape index (κ3) is 34.7. The van der Waals surface area contributed by atoms with Crippen molar-refractivity contribution in [1.82, 2.24) is 0 Å². The molecule has 0 saturated carbocycles. The van der Waals surface area contributed by atoms with Crippen LogP contribution in [0.1, 0.15) is 136 Å². The normalized spacial score (nSPS) is 12.3. The number of hydrogen-bond donors (Lipinski definition) is 0. The Morgan fingerprint density at radius 3 is 1.67 bits per heavy atom. The maximum Gasteiger partial charge on any atom is 0.125 e. The van der Waals surface area contributed by atoms with Crippen LogP contribution in [0, 0.1) is 0 Å². The average Bonchev–Trinajstić information content (AvgIpc) is 2.94. The number of ether oxygens (including phenoxy) is 1. The molecule has 0 rings (SSSR count). The van der Waals surface area contributed by atoms with Crippen molar-refractivity contribution in [1.29, 1.82) is 0 Å². The molecule has 0 aliphatic heterocycles. The maximum atomic E-state index is 5.34. The highest BCUT2D eigenvalue weighted by Gasteiger charge is 2.05. The Morgan fingerprint density at radius 2 is 1.10 bits per heavy atom. The van der Waals surface area contributed by atoms with Gasteiger partial charge in [0.2, 0.25) is 0 Å². The molecule has 232 valence electrons. The molecule has 0 aromatic rings. The van der Waals surface area contributed by atoms with Crippen LogP contribution >= 0.6 is 0 Å². The van der Waals surface area contributed by atoms with E-state index in [1.807, 2.05) is 6.08 Å². The van der Waals surface area contributed by atoms with Crippen LogP contribution in [0.5, 0.6) is 0 Å². The zero-order valence-electron chi connectivity index (χ0n) is 24.7. The van der Waals surface area contributed by atoms with E-state index < -0.39 is 6.10 Å². The summed E-state index contributed by atoms with van der Waals surface area (Å²) in [6.45, 7) is 8.02. The van der Waals surface area contributed by atoms with E-state index in [1.165, 1.54) is 116 Å². The van der Waals surface area contributed by atoms with Crippen molar-refractivity contribution in [3.05, 3.63) is 25.2 Å². The van der Waals surface area contributed by atoms with Gasteiger partial charge in [-0.2, -0.15) is 9.78 Å². The van der Waals surface area contributed by atoms with E-state index in [-0.39, 0.29) is 13.2 Å². The van der Waals surface area contributed by atoms with Crippen LogP contribution in [0.15, 0.2) is 25.2 Å². The lowest BCUT2D eigenvalue weighted by Gasteiger charge is -2.09. The molecule has 0 spiro atoms. The third-order valence-electron chi connectivity index (χ3n) is 6.03. The number of allylic oxidation sites excluding steroid dienone is 1. The van der Waals surface area contributed by atoms with Crippen molar-refractivity contribution >= 4 is 0 Å². The van der Waals surface area contributed by atoms with Crippen molar-refractivity contribution in [2.45, 2.75) is 142 Å². The molecule has 0 aromatic heterocycles. The van der Waals surface area contributed by atoms with Crippen molar-refractivity contribution < 1.29 is 49.5 Å². The van der Waals surface area contributed by atoms with Crippen LogP contribution < -0.4 is 0 Å². The van der Waals surface area contributed by atoms with Crippen LogP contribution in [-0.2, 0) is 49.5 Å². The van der Waals surface area contributed by atoms with Gasteiger partial charge in [-0.05, 0) is 35.9 Å². The van der Waals surface area contributed by atoms with Crippen LogP contribution in [0.4, 0.5) is 0 Å². The zero-order valence-corrected chi connectivity index (χ0v) is 24.7. The maximum absolute atomic E-state index is 5.34. The zero-order chi connectivity index (χ0) is 28.3. The summed E-state index contributed by atoms with van der Waals surface area (Å²) in [5.41, 5.74) is 0. The Kier molecular flexibility index (Phi) is 33.7. The highest BCUT2D eigenvalue weighted by molar-refractivity contribution is 4.71. The molecule has 0 radical (unpaired) electrons. The molecule has 0 aliphatic rings. The molecule has 0 aliphatic carbocycles. The first-order valence-corrected chi connectivity index (χ1v) is 15.1. The minimum atomic E-state index is -0.436. The Morgan fingerprint density at radius 1 is 0.590 bits per heavy atom. The summed E-state index contributed by atoms with van der Waals surface area (Å²) in [6.07, 6.45) is 30.1. The molecular weight excluding hydrogens is 508 g/mol. The minimum absolute atomic E-state index is 0.235. The molecule has 0 fully saturated rings. The number of rotatable bonds is 34. The summed E-state index contributed by atoms with van der Waals surface area (Å²) in [5.74, 6) is 0. The van der Waals surface area contributed by atoms with Crippen LogP contribution in [0.2, 0.25) is 0 Å². The molecule has 0 aromatic carbocycles. The monoisotopic (exact) mass is 564 g/mol. The van der Waals surface area contributed by atoms with Gasteiger partial charge in [-0.25, -0.2) is 0 Å². The molecule has 10 nitrogen and oxygen atoms in total. The van der Waals surface area contributed by atoms with Gasteiger partial charge in [-0.15, -0.1) is 0 Å². The topological polar surface area (TPSA) is 92.3 Å². The Hall–Kier alpha value is -1.24. The summed E-state index contributed by atoms with van der Waals surface area (Å²) in [5, 5.41) is 20.0. The summed E-state index contributed by atoms with van der Waals surface area (Å²) < 4.78 is 5.34. The van der Waals surface area contributed by atoms with Gasteiger partial charge in [0.15, 0.2) is 0 Å². The minimum Gasteiger partial charge on any atom is -0.376 e. The predicted octanol–water partition coefficient (Wildman–Crippen LogP) is 9.03. The van der Waals surface area contributed by atoms with Gasteiger partial charge in [0.05, 0.1) is 13.2 Å². The van der Waals surface area contributed by atoms with Crippen LogP contribution in [-0.4, -0.2) is 25.9 Å². The van der Waals surface area contributed by atoms with Crippen LogP contribution in [0.3, 0.4) is 0 Å². The molecule has 1 atom stereocenters. The molecule has 0 amide bonds. The third-order valence-corrected chi connectivity index (χ3v) is 6.03. The van der Waals surface area contributed by atoms with Crippen molar-refractivity contribution in [2.75, 3.05) is 19.8 Å². The summed E-state index contributed by atoms with van der Waals surface area (Å²) in [4.78, 5) is 18.9. The average molecular weight is 565 g/mol. The highest BCUT2D eigenvalue weighted by Crippen LogP contribution is 2.14. The molecular formula is C29H56O10. The molecule has 10 heteroatoms. The molecule has 0 saturated heterocycles. The molecule has 0 heterocycles. The van der Waals surface area contributed by atoms with E-state index in [0.29, 0.717) is 6.61 Å². The lowest BCUT2D eigenvalue weighted by molar-refractivity contribution is -0.788. The van der Waals surface area contributed by atoms with Gasteiger partial charge in [0.25, 0.3) is 0 Å². The number of hydrogen-bond acceptors (Lipinski definition) is 10. The fourth-order valence-electron chi connectivity index (χ4n) is 3.89. The van der Waals surface area contributed by atoms with Gasteiger partial charge < -0.3 is 14.5 Å². The Labute approximate surface area is 236 Å². The summed E-state index contributed by atoms with van der Waals surface area (Å²) in [6, 6.07) is 0. The first-order valence-electron chi connectivity index (χ1n) is 15.1. The van der Waals surface area contributed by atoms with Gasteiger partial charge in [-0.1, -0.05) is 123 Å². The molecule has 0 bridgehead atoms. The Balaban J connectivity index is 3.16.